The Morgan fingerprint density at radius 1 is 1.33 bits per heavy atom. The van der Waals surface area contributed by atoms with E-state index in [1.54, 1.807) is 13.8 Å². The van der Waals surface area contributed by atoms with Gasteiger partial charge < -0.3 is 5.11 Å². The number of hydrogen-bond acceptors (Lipinski definition) is 3. The van der Waals surface area contributed by atoms with E-state index in [-0.39, 0.29) is 0 Å². The monoisotopic (exact) mass is 312 g/mol. The fourth-order valence-electron chi connectivity index (χ4n) is 2.48. The van der Waals surface area contributed by atoms with E-state index in [0.29, 0.717) is 19.5 Å². The number of carbonyl (C=O) groups is 1. The van der Waals surface area contributed by atoms with Crippen LogP contribution in [0.1, 0.15) is 25.0 Å². The Bertz CT molecular complexity index is 628. The fraction of sp³-hybridized carbons (Fsp3) is 0.500. The van der Waals surface area contributed by atoms with Gasteiger partial charge >= 0.3 is 5.97 Å². The highest BCUT2D eigenvalue weighted by Gasteiger charge is 2.34. The van der Waals surface area contributed by atoms with Crippen LogP contribution >= 0.6 is 0 Å². The quantitative estimate of drug-likeness (QED) is 0.882. The number of nitrogens with zero attached hydrogens (tertiary/aromatic N) is 2. The summed E-state index contributed by atoms with van der Waals surface area (Å²) in [5.41, 5.74) is 2.13. The third-order valence-electron chi connectivity index (χ3n) is 3.59. The summed E-state index contributed by atoms with van der Waals surface area (Å²) in [6.07, 6.45) is 0.647. The molecule has 6 nitrogen and oxygen atoms in total. The van der Waals surface area contributed by atoms with Gasteiger partial charge in [0.05, 0.1) is 0 Å². The zero-order valence-electron chi connectivity index (χ0n) is 12.2. The number of rotatable bonds is 5. The Hall–Kier alpha value is -1.44. The molecule has 0 aliphatic carbocycles. The smallest absolute Gasteiger partial charge is 0.318 e. The number of benzene rings is 1. The summed E-state index contributed by atoms with van der Waals surface area (Å²) in [5, 5.41) is 8.93. The maximum Gasteiger partial charge on any atom is 0.318 e. The molecular weight excluding hydrogens is 292 g/mol. The van der Waals surface area contributed by atoms with E-state index in [1.807, 2.05) is 24.3 Å². The van der Waals surface area contributed by atoms with Crippen LogP contribution in [0, 0.1) is 0 Å². The van der Waals surface area contributed by atoms with Crippen molar-refractivity contribution in [2.75, 3.05) is 13.1 Å². The molecule has 1 aromatic rings. The van der Waals surface area contributed by atoms with E-state index in [2.05, 4.69) is 0 Å². The lowest BCUT2D eigenvalue weighted by atomic mass is 10.0. The molecule has 1 aliphatic rings. The minimum Gasteiger partial charge on any atom is -0.480 e. The van der Waals surface area contributed by atoms with Crippen LogP contribution in [0.25, 0.3) is 0 Å². The molecule has 1 N–H and O–H groups in total. The Balaban J connectivity index is 2.26. The molecule has 0 saturated heterocycles. The standard InChI is InChI=1S/C14H20N2O4S/c1-11(2)16(10-14(17)18)21(19,20)15-8-7-12-5-3-4-6-13(12)9-15/h3-6,11H,7-10H2,1-2H3,(H,17,18). The van der Waals surface area contributed by atoms with Crippen LogP contribution in [-0.4, -0.2) is 47.2 Å². The third kappa shape index (κ3) is 3.42. The summed E-state index contributed by atoms with van der Waals surface area (Å²) in [4.78, 5) is 10.9. The zero-order valence-corrected chi connectivity index (χ0v) is 13.0. The lowest BCUT2D eigenvalue weighted by molar-refractivity contribution is -0.137. The van der Waals surface area contributed by atoms with E-state index in [1.165, 1.54) is 4.31 Å². The van der Waals surface area contributed by atoms with Crippen molar-refractivity contribution < 1.29 is 18.3 Å². The number of carboxylic acids is 1. The van der Waals surface area contributed by atoms with Gasteiger partial charge in [-0.2, -0.15) is 17.0 Å². The predicted molar refractivity (Wildman–Crippen MR) is 79.0 cm³/mol. The fourth-order valence-corrected chi connectivity index (χ4v) is 4.21. The van der Waals surface area contributed by atoms with Crippen LogP contribution < -0.4 is 0 Å². The normalized spacial score (nSPS) is 16.2. The first-order valence-electron chi connectivity index (χ1n) is 6.88. The third-order valence-corrected chi connectivity index (χ3v) is 5.69. The summed E-state index contributed by atoms with van der Waals surface area (Å²) in [5.74, 6) is -1.15. The minimum atomic E-state index is -3.78. The molecule has 116 valence electrons. The maximum absolute atomic E-state index is 12.7. The molecule has 0 unspecified atom stereocenters. The minimum absolute atomic E-state index is 0.293. The highest BCUT2D eigenvalue weighted by molar-refractivity contribution is 7.86. The van der Waals surface area contributed by atoms with Gasteiger partial charge in [-0.1, -0.05) is 24.3 Å². The molecule has 0 fully saturated rings. The van der Waals surface area contributed by atoms with E-state index in [9.17, 15) is 13.2 Å². The Morgan fingerprint density at radius 2 is 1.95 bits per heavy atom. The van der Waals surface area contributed by atoms with Gasteiger partial charge in [-0.25, -0.2) is 0 Å². The number of hydrogen-bond donors (Lipinski definition) is 1. The molecule has 0 aromatic heterocycles. The van der Waals surface area contributed by atoms with Gasteiger partial charge in [0.25, 0.3) is 10.2 Å². The lowest BCUT2D eigenvalue weighted by Gasteiger charge is -2.34. The van der Waals surface area contributed by atoms with Crippen molar-refractivity contribution >= 4 is 16.2 Å². The van der Waals surface area contributed by atoms with E-state index in [0.717, 1.165) is 15.4 Å². The average Bonchev–Trinajstić information content (AvgIpc) is 2.43. The predicted octanol–water partition coefficient (Wildman–Crippen LogP) is 1.08. The summed E-state index contributed by atoms with van der Waals surface area (Å²) in [6, 6.07) is 7.33. The first-order valence-corrected chi connectivity index (χ1v) is 8.27. The second kappa shape index (κ2) is 6.13. The first-order chi connectivity index (χ1) is 9.82. The molecule has 0 atom stereocenters. The molecule has 2 rings (SSSR count). The van der Waals surface area contributed by atoms with E-state index in [4.69, 9.17) is 5.11 Å². The van der Waals surface area contributed by atoms with Gasteiger partial charge in [-0.05, 0) is 31.4 Å². The van der Waals surface area contributed by atoms with Gasteiger partial charge in [0, 0.05) is 19.1 Å². The van der Waals surface area contributed by atoms with E-state index < -0.39 is 28.8 Å². The van der Waals surface area contributed by atoms with Crippen LogP contribution in [0.2, 0.25) is 0 Å². The van der Waals surface area contributed by atoms with Gasteiger partial charge in [0.15, 0.2) is 0 Å². The summed E-state index contributed by atoms with van der Waals surface area (Å²) < 4.78 is 27.7. The van der Waals surface area contributed by atoms with Gasteiger partial charge in [0.2, 0.25) is 0 Å². The molecular formula is C14H20N2O4S. The molecule has 1 aromatic carbocycles. The first kappa shape index (κ1) is 15.9. The van der Waals surface area contributed by atoms with Crippen molar-refractivity contribution in [1.82, 2.24) is 8.61 Å². The number of carboxylic acid groups (broad SMARTS) is 1. The van der Waals surface area contributed by atoms with Crippen LogP contribution in [-0.2, 0) is 28.0 Å². The topological polar surface area (TPSA) is 77.9 Å². The summed E-state index contributed by atoms with van der Waals surface area (Å²) in [6.45, 7) is 3.51. The Labute approximate surface area is 125 Å². The SMILES string of the molecule is CC(C)N(CC(=O)O)S(=O)(=O)N1CCc2ccccc2C1. The lowest BCUT2D eigenvalue weighted by Crippen LogP contribution is -2.50. The molecule has 0 amide bonds. The van der Waals surface area contributed by atoms with Crippen molar-refractivity contribution in [2.24, 2.45) is 0 Å². The van der Waals surface area contributed by atoms with E-state index >= 15 is 0 Å². The van der Waals surface area contributed by atoms with Crippen molar-refractivity contribution in [2.45, 2.75) is 32.9 Å². The van der Waals surface area contributed by atoms with Gasteiger partial charge in [0.1, 0.15) is 6.54 Å². The summed E-state index contributed by atoms with van der Waals surface area (Å²) >= 11 is 0. The molecule has 1 heterocycles. The Morgan fingerprint density at radius 3 is 2.52 bits per heavy atom. The maximum atomic E-state index is 12.7. The largest absolute Gasteiger partial charge is 0.480 e. The van der Waals surface area contributed by atoms with Crippen molar-refractivity contribution in [1.29, 1.82) is 0 Å². The molecule has 0 spiro atoms. The second-order valence-corrected chi connectivity index (χ2v) is 7.27. The second-order valence-electron chi connectivity index (χ2n) is 5.39. The Kier molecular flexibility index (Phi) is 4.65. The highest BCUT2D eigenvalue weighted by Crippen LogP contribution is 2.23. The zero-order chi connectivity index (χ0) is 15.6. The van der Waals surface area contributed by atoms with Crippen LogP contribution in [0.15, 0.2) is 24.3 Å². The highest BCUT2D eigenvalue weighted by atomic mass is 32.2. The van der Waals surface area contributed by atoms with Gasteiger partial charge in [-0.3, -0.25) is 4.79 Å². The molecule has 0 saturated carbocycles. The van der Waals surface area contributed by atoms with Crippen molar-refractivity contribution in [3.8, 4) is 0 Å². The average molecular weight is 312 g/mol. The molecule has 7 heteroatoms. The van der Waals surface area contributed by atoms with Crippen LogP contribution in [0.5, 0.6) is 0 Å². The number of aliphatic carboxylic acids is 1. The molecule has 0 bridgehead atoms. The molecule has 21 heavy (non-hydrogen) atoms. The van der Waals surface area contributed by atoms with Gasteiger partial charge in [-0.15, -0.1) is 0 Å². The van der Waals surface area contributed by atoms with Crippen molar-refractivity contribution in [3.05, 3.63) is 35.4 Å². The van der Waals surface area contributed by atoms with Crippen LogP contribution in [0.3, 0.4) is 0 Å². The molecule has 1 aliphatic heterocycles. The van der Waals surface area contributed by atoms with Crippen LogP contribution in [0.4, 0.5) is 0 Å². The summed E-state index contributed by atoms with van der Waals surface area (Å²) in [7, 11) is -3.78. The molecule has 0 radical (unpaired) electrons. The number of fused-ring (bicyclic) bond motifs is 1. The van der Waals surface area contributed by atoms with Crippen molar-refractivity contribution in [3.63, 3.8) is 0 Å².